The molecular formula is C18H26F3N3O2. The largest absolute Gasteiger partial charge is 0.444 e. The number of anilines is 1. The number of amides is 1. The number of ether oxygens (including phenoxy) is 1. The van der Waals surface area contributed by atoms with Gasteiger partial charge in [-0.2, -0.15) is 13.2 Å². The maximum Gasteiger partial charge on any atom is 0.433 e. The van der Waals surface area contributed by atoms with E-state index >= 15 is 0 Å². The Hall–Kier alpha value is -1.99. The zero-order valence-electron chi connectivity index (χ0n) is 15.4. The van der Waals surface area contributed by atoms with Crippen molar-refractivity contribution >= 4 is 11.8 Å². The molecule has 0 bridgehead atoms. The van der Waals surface area contributed by atoms with Crippen molar-refractivity contribution < 1.29 is 22.7 Å². The Kier molecular flexibility index (Phi) is 6.03. The van der Waals surface area contributed by atoms with Crippen LogP contribution in [0.4, 0.5) is 23.7 Å². The molecule has 1 aromatic heterocycles. The highest BCUT2D eigenvalue weighted by Gasteiger charge is 2.35. The van der Waals surface area contributed by atoms with Crippen molar-refractivity contribution in [1.82, 2.24) is 10.3 Å². The summed E-state index contributed by atoms with van der Waals surface area (Å²) in [7, 11) is 0. The maximum absolute atomic E-state index is 12.6. The van der Waals surface area contributed by atoms with Crippen LogP contribution >= 0.6 is 0 Å². The molecule has 2 N–H and O–H groups in total. The molecule has 0 aromatic carbocycles. The SMILES string of the molecule is CC(C)(C)OC(=O)NC1(CNc2ccc(C(F)(F)F)nc2)CCCCC1. The summed E-state index contributed by atoms with van der Waals surface area (Å²) in [5.41, 5.74) is -1.52. The van der Waals surface area contributed by atoms with Crippen LogP contribution in [-0.2, 0) is 10.9 Å². The number of rotatable bonds is 4. The number of alkyl carbamates (subject to hydrolysis) is 1. The number of alkyl halides is 3. The lowest BCUT2D eigenvalue weighted by atomic mass is 9.81. The molecule has 0 spiro atoms. The summed E-state index contributed by atoms with van der Waals surface area (Å²) in [6.45, 7) is 5.80. The zero-order valence-corrected chi connectivity index (χ0v) is 15.4. The molecule has 1 saturated carbocycles. The third-order valence-corrected chi connectivity index (χ3v) is 4.26. The van der Waals surface area contributed by atoms with Crippen molar-refractivity contribution in [3.63, 3.8) is 0 Å². The minimum Gasteiger partial charge on any atom is -0.444 e. The van der Waals surface area contributed by atoms with Gasteiger partial charge in [0.25, 0.3) is 0 Å². The Bertz CT molecular complexity index is 604. The number of hydrogen-bond donors (Lipinski definition) is 2. The molecule has 0 saturated heterocycles. The van der Waals surface area contributed by atoms with Crippen LogP contribution < -0.4 is 10.6 Å². The van der Waals surface area contributed by atoms with Crippen LogP contribution in [0, 0.1) is 0 Å². The van der Waals surface area contributed by atoms with Gasteiger partial charge in [-0.05, 0) is 45.7 Å². The van der Waals surface area contributed by atoms with Gasteiger partial charge in [0.1, 0.15) is 11.3 Å². The molecule has 0 atom stereocenters. The van der Waals surface area contributed by atoms with Gasteiger partial charge in [0.15, 0.2) is 0 Å². The highest BCUT2D eigenvalue weighted by Crippen LogP contribution is 2.30. The van der Waals surface area contributed by atoms with Gasteiger partial charge in [0, 0.05) is 6.54 Å². The van der Waals surface area contributed by atoms with Gasteiger partial charge in [0.05, 0.1) is 17.4 Å². The predicted octanol–water partition coefficient (Wildman–Crippen LogP) is 4.74. The van der Waals surface area contributed by atoms with E-state index in [-0.39, 0.29) is 0 Å². The summed E-state index contributed by atoms with van der Waals surface area (Å²) < 4.78 is 43.1. The average Bonchev–Trinajstić information content (AvgIpc) is 2.51. The summed E-state index contributed by atoms with van der Waals surface area (Å²) in [5, 5.41) is 6.07. The molecule has 5 nitrogen and oxygen atoms in total. The van der Waals surface area contributed by atoms with Gasteiger partial charge in [-0.3, -0.25) is 0 Å². The van der Waals surface area contributed by atoms with E-state index in [2.05, 4.69) is 15.6 Å². The third kappa shape index (κ3) is 6.07. The van der Waals surface area contributed by atoms with E-state index in [4.69, 9.17) is 4.74 Å². The number of nitrogens with zero attached hydrogens (tertiary/aromatic N) is 1. The van der Waals surface area contributed by atoms with Crippen LogP contribution in [0.3, 0.4) is 0 Å². The van der Waals surface area contributed by atoms with E-state index in [0.717, 1.165) is 44.4 Å². The minimum absolute atomic E-state index is 0.402. The number of carbonyl (C=O) groups is 1. The van der Waals surface area contributed by atoms with Gasteiger partial charge < -0.3 is 15.4 Å². The smallest absolute Gasteiger partial charge is 0.433 e. The number of aromatic nitrogens is 1. The van der Waals surface area contributed by atoms with Crippen molar-refractivity contribution in [2.75, 3.05) is 11.9 Å². The molecule has 8 heteroatoms. The number of hydrogen-bond acceptors (Lipinski definition) is 4. The van der Waals surface area contributed by atoms with Crippen molar-refractivity contribution in [1.29, 1.82) is 0 Å². The first-order valence-electron chi connectivity index (χ1n) is 8.77. The van der Waals surface area contributed by atoms with Gasteiger partial charge in [0.2, 0.25) is 0 Å². The van der Waals surface area contributed by atoms with E-state index in [1.807, 2.05) is 0 Å². The van der Waals surface area contributed by atoms with Crippen LogP contribution in [0.25, 0.3) is 0 Å². The first-order valence-corrected chi connectivity index (χ1v) is 8.77. The summed E-state index contributed by atoms with van der Waals surface area (Å²) >= 11 is 0. The number of pyridine rings is 1. The molecule has 1 aliphatic rings. The van der Waals surface area contributed by atoms with Gasteiger partial charge in [-0.1, -0.05) is 19.3 Å². The maximum atomic E-state index is 12.6. The molecule has 0 aliphatic heterocycles. The Morgan fingerprint density at radius 2 is 1.85 bits per heavy atom. The monoisotopic (exact) mass is 373 g/mol. The van der Waals surface area contributed by atoms with E-state index in [9.17, 15) is 18.0 Å². The van der Waals surface area contributed by atoms with E-state index in [1.54, 1.807) is 20.8 Å². The van der Waals surface area contributed by atoms with Crippen molar-refractivity contribution in [3.05, 3.63) is 24.0 Å². The molecule has 1 amide bonds. The summed E-state index contributed by atoms with van der Waals surface area (Å²) in [6, 6.07) is 2.29. The first kappa shape index (κ1) is 20.3. The fourth-order valence-electron chi connectivity index (χ4n) is 3.03. The lowest BCUT2D eigenvalue weighted by molar-refractivity contribution is -0.141. The topological polar surface area (TPSA) is 63.2 Å². The van der Waals surface area contributed by atoms with Gasteiger partial charge >= 0.3 is 12.3 Å². The lowest BCUT2D eigenvalue weighted by Crippen LogP contribution is -2.55. The molecule has 1 aromatic rings. The lowest BCUT2D eigenvalue weighted by Gasteiger charge is -2.38. The Balaban J connectivity index is 2.02. The van der Waals surface area contributed by atoms with Crippen LogP contribution in [0.15, 0.2) is 18.3 Å². The number of carbonyl (C=O) groups excluding carboxylic acids is 1. The fraction of sp³-hybridized carbons (Fsp3) is 0.667. The number of nitrogens with one attached hydrogen (secondary N) is 2. The van der Waals surface area contributed by atoms with Crippen molar-refractivity contribution in [2.45, 2.75) is 70.2 Å². The fourth-order valence-corrected chi connectivity index (χ4v) is 3.03. The second-order valence-corrected chi connectivity index (χ2v) is 7.75. The quantitative estimate of drug-likeness (QED) is 0.800. The molecule has 2 rings (SSSR count). The van der Waals surface area contributed by atoms with Crippen LogP contribution in [0.2, 0.25) is 0 Å². The molecule has 0 unspecified atom stereocenters. The van der Waals surface area contributed by atoms with E-state index < -0.39 is 29.1 Å². The van der Waals surface area contributed by atoms with Crippen LogP contribution in [0.1, 0.15) is 58.6 Å². The van der Waals surface area contributed by atoms with E-state index in [0.29, 0.717) is 12.2 Å². The normalized spacial score (nSPS) is 17.5. The van der Waals surface area contributed by atoms with Gasteiger partial charge in [-0.15, -0.1) is 0 Å². The summed E-state index contributed by atoms with van der Waals surface area (Å²) in [6.07, 6.45) is 0.839. The van der Waals surface area contributed by atoms with Crippen molar-refractivity contribution in [2.24, 2.45) is 0 Å². The van der Waals surface area contributed by atoms with E-state index in [1.165, 1.54) is 6.07 Å². The molecule has 26 heavy (non-hydrogen) atoms. The molecule has 146 valence electrons. The Labute approximate surface area is 151 Å². The molecule has 0 radical (unpaired) electrons. The predicted molar refractivity (Wildman–Crippen MR) is 92.9 cm³/mol. The average molecular weight is 373 g/mol. The standard InChI is InChI=1S/C18H26F3N3O2/c1-16(2,3)26-15(25)24-17(9-5-4-6-10-17)12-23-13-7-8-14(22-11-13)18(19,20)21/h7-8,11,23H,4-6,9-10,12H2,1-3H3,(H,24,25). The molecule has 1 aliphatic carbocycles. The molecular weight excluding hydrogens is 347 g/mol. The molecule has 1 heterocycles. The Morgan fingerprint density at radius 3 is 2.35 bits per heavy atom. The highest BCUT2D eigenvalue weighted by atomic mass is 19.4. The second kappa shape index (κ2) is 7.72. The Morgan fingerprint density at radius 1 is 1.19 bits per heavy atom. The van der Waals surface area contributed by atoms with Crippen molar-refractivity contribution in [3.8, 4) is 0 Å². The summed E-state index contributed by atoms with van der Waals surface area (Å²) in [4.78, 5) is 15.6. The zero-order chi connectivity index (χ0) is 19.4. The van der Waals surface area contributed by atoms with Crippen LogP contribution in [-0.4, -0.2) is 28.8 Å². The van der Waals surface area contributed by atoms with Crippen LogP contribution in [0.5, 0.6) is 0 Å². The molecule has 1 fully saturated rings. The third-order valence-electron chi connectivity index (χ3n) is 4.26. The van der Waals surface area contributed by atoms with Gasteiger partial charge in [-0.25, -0.2) is 9.78 Å². The number of halogens is 3. The summed E-state index contributed by atoms with van der Waals surface area (Å²) in [5.74, 6) is 0. The minimum atomic E-state index is -4.46. The first-order chi connectivity index (χ1) is 12.0. The highest BCUT2D eigenvalue weighted by molar-refractivity contribution is 5.69. The second-order valence-electron chi connectivity index (χ2n) is 7.75.